The van der Waals surface area contributed by atoms with E-state index in [1.54, 1.807) is 14.2 Å². The number of carbonyl (C=O) groups is 1. The molecule has 2 aromatic rings. The molecule has 0 saturated carbocycles. The van der Waals surface area contributed by atoms with Gasteiger partial charge < -0.3 is 20.1 Å². The Morgan fingerprint density at radius 3 is 2.38 bits per heavy atom. The van der Waals surface area contributed by atoms with Crippen LogP contribution in [-0.4, -0.2) is 26.7 Å². The highest BCUT2D eigenvalue weighted by molar-refractivity contribution is 5.90. The highest BCUT2D eigenvalue weighted by Gasteiger charge is 2.05. The lowest BCUT2D eigenvalue weighted by molar-refractivity contribution is -0.116. The quantitative estimate of drug-likeness (QED) is 0.731. The Hall–Kier alpha value is -2.53. The fourth-order valence-electron chi connectivity index (χ4n) is 2.29. The summed E-state index contributed by atoms with van der Waals surface area (Å²) in [5.41, 5.74) is 3.07. The van der Waals surface area contributed by atoms with E-state index < -0.39 is 0 Å². The second-order valence-corrected chi connectivity index (χ2v) is 5.53. The smallest absolute Gasteiger partial charge is 0.225 e. The van der Waals surface area contributed by atoms with Gasteiger partial charge >= 0.3 is 0 Å². The molecular weight excluding hydrogens is 304 g/mol. The molecule has 2 aromatic carbocycles. The fraction of sp³-hybridized carbons (Fsp3) is 0.316. The summed E-state index contributed by atoms with van der Waals surface area (Å²) >= 11 is 0. The lowest BCUT2D eigenvalue weighted by Crippen LogP contribution is -2.21. The van der Waals surface area contributed by atoms with Crippen LogP contribution in [0.2, 0.25) is 0 Å². The monoisotopic (exact) mass is 328 g/mol. The van der Waals surface area contributed by atoms with Crippen molar-refractivity contribution in [3.8, 4) is 11.5 Å². The van der Waals surface area contributed by atoms with Crippen molar-refractivity contribution >= 4 is 11.6 Å². The molecule has 0 saturated heterocycles. The largest absolute Gasteiger partial charge is 0.493 e. The van der Waals surface area contributed by atoms with E-state index in [4.69, 9.17) is 9.47 Å². The van der Waals surface area contributed by atoms with Gasteiger partial charge in [-0.2, -0.15) is 0 Å². The molecule has 0 heterocycles. The molecule has 2 rings (SSSR count). The van der Waals surface area contributed by atoms with Crippen molar-refractivity contribution in [1.82, 2.24) is 5.32 Å². The van der Waals surface area contributed by atoms with Crippen molar-refractivity contribution in [2.75, 3.05) is 26.1 Å². The summed E-state index contributed by atoms with van der Waals surface area (Å²) in [5.74, 6) is 1.41. The summed E-state index contributed by atoms with van der Waals surface area (Å²) < 4.78 is 10.5. The highest BCUT2D eigenvalue weighted by Crippen LogP contribution is 2.27. The summed E-state index contributed by atoms with van der Waals surface area (Å²) in [6.07, 6.45) is 0.418. The molecule has 0 aromatic heterocycles. The maximum Gasteiger partial charge on any atom is 0.225 e. The number of ether oxygens (including phenoxy) is 2. The molecule has 0 aliphatic carbocycles. The number of amides is 1. The zero-order valence-corrected chi connectivity index (χ0v) is 14.4. The number of aryl methyl sites for hydroxylation is 1. The minimum atomic E-state index is -0.00124. The van der Waals surface area contributed by atoms with Gasteiger partial charge in [-0.05, 0) is 36.8 Å². The van der Waals surface area contributed by atoms with Gasteiger partial charge in [0.25, 0.3) is 0 Å². The molecule has 128 valence electrons. The van der Waals surface area contributed by atoms with Crippen molar-refractivity contribution in [3.05, 3.63) is 53.6 Å². The van der Waals surface area contributed by atoms with Gasteiger partial charge in [-0.3, -0.25) is 4.79 Å². The molecule has 0 bridgehead atoms. The van der Waals surface area contributed by atoms with Gasteiger partial charge in [-0.15, -0.1) is 0 Å². The fourth-order valence-corrected chi connectivity index (χ4v) is 2.29. The number of hydrogen-bond donors (Lipinski definition) is 2. The van der Waals surface area contributed by atoms with E-state index in [2.05, 4.69) is 10.6 Å². The number of methoxy groups -OCH3 is 2. The topological polar surface area (TPSA) is 59.6 Å². The van der Waals surface area contributed by atoms with Crippen molar-refractivity contribution in [2.45, 2.75) is 19.9 Å². The molecule has 1 amide bonds. The number of anilines is 1. The van der Waals surface area contributed by atoms with Crippen molar-refractivity contribution in [3.63, 3.8) is 0 Å². The average Bonchev–Trinajstić information content (AvgIpc) is 2.60. The zero-order chi connectivity index (χ0) is 17.4. The van der Waals surface area contributed by atoms with Crippen LogP contribution in [0.5, 0.6) is 11.5 Å². The summed E-state index contributed by atoms with van der Waals surface area (Å²) in [5, 5.41) is 6.14. The second-order valence-electron chi connectivity index (χ2n) is 5.53. The Balaban J connectivity index is 1.74. The molecule has 0 spiro atoms. The van der Waals surface area contributed by atoms with Crippen LogP contribution < -0.4 is 20.1 Å². The molecular formula is C19H24N2O3. The number of carbonyl (C=O) groups excluding carboxylic acids is 1. The first kappa shape index (κ1) is 17.8. The zero-order valence-electron chi connectivity index (χ0n) is 14.4. The van der Waals surface area contributed by atoms with Crippen LogP contribution in [-0.2, 0) is 11.3 Å². The van der Waals surface area contributed by atoms with E-state index in [0.717, 1.165) is 11.3 Å². The van der Waals surface area contributed by atoms with E-state index in [1.165, 1.54) is 5.56 Å². The van der Waals surface area contributed by atoms with Gasteiger partial charge in [0.2, 0.25) is 5.91 Å². The van der Waals surface area contributed by atoms with E-state index in [1.807, 2.05) is 49.4 Å². The van der Waals surface area contributed by atoms with E-state index in [0.29, 0.717) is 31.0 Å². The van der Waals surface area contributed by atoms with Crippen molar-refractivity contribution < 1.29 is 14.3 Å². The summed E-state index contributed by atoms with van der Waals surface area (Å²) in [7, 11) is 3.23. The highest BCUT2D eigenvalue weighted by atomic mass is 16.5. The molecule has 2 N–H and O–H groups in total. The Morgan fingerprint density at radius 1 is 1.00 bits per heavy atom. The van der Waals surface area contributed by atoms with Gasteiger partial charge in [0.15, 0.2) is 11.5 Å². The third-order valence-electron chi connectivity index (χ3n) is 3.64. The molecule has 0 fully saturated rings. The second kappa shape index (κ2) is 8.93. The first-order valence-electron chi connectivity index (χ1n) is 7.90. The molecule has 24 heavy (non-hydrogen) atoms. The number of rotatable bonds is 8. The van der Waals surface area contributed by atoms with Gasteiger partial charge in [0.05, 0.1) is 14.2 Å². The Morgan fingerprint density at radius 2 is 1.71 bits per heavy atom. The maximum absolute atomic E-state index is 11.9. The van der Waals surface area contributed by atoms with Crippen LogP contribution in [0, 0.1) is 6.92 Å². The Labute approximate surface area is 143 Å². The van der Waals surface area contributed by atoms with Gasteiger partial charge in [0.1, 0.15) is 0 Å². The third kappa shape index (κ3) is 5.28. The molecule has 0 atom stereocenters. The first-order valence-corrected chi connectivity index (χ1v) is 7.90. The van der Waals surface area contributed by atoms with Crippen LogP contribution in [0.15, 0.2) is 42.5 Å². The van der Waals surface area contributed by atoms with Crippen LogP contribution in [0.4, 0.5) is 5.69 Å². The van der Waals surface area contributed by atoms with Crippen molar-refractivity contribution in [1.29, 1.82) is 0 Å². The summed E-state index contributed by atoms with van der Waals surface area (Å²) in [6.45, 7) is 3.29. The van der Waals surface area contributed by atoms with Crippen LogP contribution in [0.3, 0.4) is 0 Å². The maximum atomic E-state index is 11.9. The number of nitrogens with one attached hydrogen (secondary N) is 2. The minimum absolute atomic E-state index is 0.00124. The molecule has 0 aliphatic heterocycles. The Kier molecular flexibility index (Phi) is 6.63. The third-order valence-corrected chi connectivity index (χ3v) is 3.64. The summed E-state index contributed by atoms with van der Waals surface area (Å²) in [6, 6.07) is 13.5. The van der Waals surface area contributed by atoms with Gasteiger partial charge in [0, 0.05) is 25.2 Å². The number of benzene rings is 2. The van der Waals surface area contributed by atoms with Gasteiger partial charge in [-0.25, -0.2) is 0 Å². The van der Waals surface area contributed by atoms with Crippen LogP contribution in [0.25, 0.3) is 0 Å². The minimum Gasteiger partial charge on any atom is -0.493 e. The summed E-state index contributed by atoms with van der Waals surface area (Å²) in [4.78, 5) is 11.9. The van der Waals surface area contributed by atoms with E-state index >= 15 is 0 Å². The SMILES string of the molecule is COc1ccc(CNCCC(=O)Nc2ccc(C)cc2)cc1OC. The first-order chi connectivity index (χ1) is 11.6. The van der Waals surface area contributed by atoms with Crippen molar-refractivity contribution in [2.24, 2.45) is 0 Å². The Bertz CT molecular complexity index is 669. The predicted molar refractivity (Wildman–Crippen MR) is 95.7 cm³/mol. The van der Waals surface area contributed by atoms with E-state index in [-0.39, 0.29) is 5.91 Å². The molecule has 0 unspecified atom stereocenters. The van der Waals surface area contributed by atoms with Crippen LogP contribution >= 0.6 is 0 Å². The standard InChI is InChI=1S/C19H24N2O3/c1-14-4-7-16(8-5-14)21-19(22)10-11-20-13-15-6-9-17(23-2)18(12-15)24-3/h4-9,12,20H,10-11,13H2,1-3H3,(H,21,22). The van der Waals surface area contributed by atoms with E-state index in [9.17, 15) is 4.79 Å². The lowest BCUT2D eigenvalue weighted by Gasteiger charge is -2.10. The molecule has 5 heteroatoms. The predicted octanol–water partition coefficient (Wildman–Crippen LogP) is 3.13. The lowest BCUT2D eigenvalue weighted by atomic mass is 10.2. The molecule has 0 radical (unpaired) electrons. The molecule has 0 aliphatic rings. The number of hydrogen-bond acceptors (Lipinski definition) is 4. The normalized spacial score (nSPS) is 10.3. The van der Waals surface area contributed by atoms with Crippen LogP contribution in [0.1, 0.15) is 17.5 Å². The van der Waals surface area contributed by atoms with Gasteiger partial charge in [-0.1, -0.05) is 23.8 Å². The molecule has 5 nitrogen and oxygen atoms in total. The average molecular weight is 328 g/mol.